The monoisotopic (exact) mass is 295 g/mol. The molecule has 1 heterocycles. The van der Waals surface area contributed by atoms with Gasteiger partial charge in [-0.05, 0) is 54.6 Å². The van der Waals surface area contributed by atoms with Crippen molar-refractivity contribution in [2.24, 2.45) is 0 Å². The van der Waals surface area contributed by atoms with E-state index in [0.29, 0.717) is 6.04 Å². The Morgan fingerprint density at radius 2 is 1.86 bits per heavy atom. The molecule has 0 amide bonds. The fourth-order valence-electron chi connectivity index (χ4n) is 3.48. The SMILES string of the molecule is CCCN1CCc2ccccc2[C@H]1Cc1ccc(OC)cc1. The summed E-state index contributed by atoms with van der Waals surface area (Å²) >= 11 is 0. The maximum atomic E-state index is 5.26. The Bertz CT molecular complexity index is 605. The molecular formula is C20H25NO. The van der Waals surface area contributed by atoms with Gasteiger partial charge in [-0.15, -0.1) is 0 Å². The number of hydrogen-bond acceptors (Lipinski definition) is 2. The maximum absolute atomic E-state index is 5.26. The lowest BCUT2D eigenvalue weighted by Gasteiger charge is -2.37. The molecule has 2 aromatic carbocycles. The molecule has 22 heavy (non-hydrogen) atoms. The highest BCUT2D eigenvalue weighted by Gasteiger charge is 2.26. The molecule has 2 nitrogen and oxygen atoms in total. The van der Waals surface area contributed by atoms with Gasteiger partial charge in [0.1, 0.15) is 5.75 Å². The first-order valence-electron chi connectivity index (χ1n) is 8.26. The van der Waals surface area contributed by atoms with Gasteiger partial charge in [-0.3, -0.25) is 4.90 Å². The summed E-state index contributed by atoms with van der Waals surface area (Å²) in [5.74, 6) is 0.929. The third-order valence-electron chi connectivity index (χ3n) is 4.62. The van der Waals surface area contributed by atoms with Gasteiger partial charge < -0.3 is 4.74 Å². The molecule has 2 aromatic rings. The fraction of sp³-hybridized carbons (Fsp3) is 0.400. The van der Waals surface area contributed by atoms with Crippen LogP contribution in [0.3, 0.4) is 0 Å². The summed E-state index contributed by atoms with van der Waals surface area (Å²) in [7, 11) is 1.72. The van der Waals surface area contributed by atoms with Crippen molar-refractivity contribution in [1.29, 1.82) is 0 Å². The lowest BCUT2D eigenvalue weighted by molar-refractivity contribution is 0.184. The van der Waals surface area contributed by atoms with Gasteiger partial charge in [-0.2, -0.15) is 0 Å². The molecule has 0 aliphatic carbocycles. The van der Waals surface area contributed by atoms with Crippen molar-refractivity contribution in [3.63, 3.8) is 0 Å². The number of benzene rings is 2. The number of nitrogens with zero attached hydrogens (tertiary/aromatic N) is 1. The lowest BCUT2D eigenvalue weighted by Crippen LogP contribution is -2.37. The highest BCUT2D eigenvalue weighted by Crippen LogP contribution is 2.32. The Morgan fingerprint density at radius 3 is 2.59 bits per heavy atom. The summed E-state index contributed by atoms with van der Waals surface area (Å²) < 4.78 is 5.26. The molecule has 3 rings (SSSR count). The van der Waals surface area contributed by atoms with Crippen LogP contribution in [0.2, 0.25) is 0 Å². The molecular weight excluding hydrogens is 270 g/mol. The molecule has 0 radical (unpaired) electrons. The van der Waals surface area contributed by atoms with Crippen LogP contribution < -0.4 is 4.74 Å². The summed E-state index contributed by atoms with van der Waals surface area (Å²) in [6.45, 7) is 4.62. The van der Waals surface area contributed by atoms with E-state index in [4.69, 9.17) is 4.74 Å². The summed E-state index contributed by atoms with van der Waals surface area (Å²) in [5, 5.41) is 0. The van der Waals surface area contributed by atoms with E-state index in [1.54, 1.807) is 7.11 Å². The van der Waals surface area contributed by atoms with Crippen molar-refractivity contribution in [3.8, 4) is 5.75 Å². The molecule has 0 saturated heterocycles. The molecule has 0 N–H and O–H groups in total. The van der Waals surface area contributed by atoms with Gasteiger partial charge in [-0.1, -0.05) is 43.3 Å². The second-order valence-corrected chi connectivity index (χ2v) is 6.05. The average Bonchev–Trinajstić information content (AvgIpc) is 2.58. The summed E-state index contributed by atoms with van der Waals surface area (Å²) in [4.78, 5) is 2.65. The predicted octanol–water partition coefficient (Wildman–Crippen LogP) is 4.25. The highest BCUT2D eigenvalue weighted by atomic mass is 16.5. The minimum absolute atomic E-state index is 0.498. The molecule has 0 bridgehead atoms. The van der Waals surface area contributed by atoms with Gasteiger partial charge in [0, 0.05) is 12.6 Å². The van der Waals surface area contributed by atoms with E-state index in [-0.39, 0.29) is 0 Å². The van der Waals surface area contributed by atoms with Gasteiger partial charge in [0.05, 0.1) is 7.11 Å². The van der Waals surface area contributed by atoms with Crippen molar-refractivity contribution in [1.82, 2.24) is 4.90 Å². The van der Waals surface area contributed by atoms with Crippen molar-refractivity contribution < 1.29 is 4.74 Å². The average molecular weight is 295 g/mol. The van der Waals surface area contributed by atoms with Crippen LogP contribution in [0.1, 0.15) is 36.1 Å². The Labute approximate surface area is 133 Å². The van der Waals surface area contributed by atoms with Gasteiger partial charge >= 0.3 is 0 Å². The maximum Gasteiger partial charge on any atom is 0.118 e. The Kier molecular flexibility index (Phi) is 4.79. The quantitative estimate of drug-likeness (QED) is 0.817. The summed E-state index contributed by atoms with van der Waals surface area (Å²) in [5.41, 5.74) is 4.41. The van der Waals surface area contributed by atoms with Crippen molar-refractivity contribution in [2.75, 3.05) is 20.2 Å². The molecule has 0 spiro atoms. The Morgan fingerprint density at radius 1 is 1.09 bits per heavy atom. The van der Waals surface area contributed by atoms with Crippen molar-refractivity contribution >= 4 is 0 Å². The zero-order valence-electron chi connectivity index (χ0n) is 13.6. The Hall–Kier alpha value is -1.80. The molecule has 1 aliphatic heterocycles. The fourth-order valence-corrected chi connectivity index (χ4v) is 3.48. The normalized spacial score (nSPS) is 18.0. The topological polar surface area (TPSA) is 12.5 Å². The van der Waals surface area contributed by atoms with E-state index < -0.39 is 0 Å². The second-order valence-electron chi connectivity index (χ2n) is 6.05. The Balaban J connectivity index is 1.86. The molecule has 2 heteroatoms. The zero-order valence-corrected chi connectivity index (χ0v) is 13.6. The van der Waals surface area contributed by atoms with E-state index in [9.17, 15) is 0 Å². The number of methoxy groups -OCH3 is 1. The van der Waals surface area contributed by atoms with Gasteiger partial charge in [0.2, 0.25) is 0 Å². The molecule has 0 aromatic heterocycles. The van der Waals surface area contributed by atoms with Gasteiger partial charge in [0.15, 0.2) is 0 Å². The van der Waals surface area contributed by atoms with E-state index in [1.165, 1.54) is 42.6 Å². The van der Waals surface area contributed by atoms with E-state index in [1.807, 2.05) is 0 Å². The highest BCUT2D eigenvalue weighted by molar-refractivity contribution is 5.35. The summed E-state index contributed by atoms with van der Waals surface area (Å²) in [6.07, 6.45) is 3.46. The molecule has 0 saturated carbocycles. The van der Waals surface area contributed by atoms with E-state index in [0.717, 1.165) is 12.2 Å². The van der Waals surface area contributed by atoms with Crippen LogP contribution in [0.4, 0.5) is 0 Å². The molecule has 1 atom stereocenters. The zero-order chi connectivity index (χ0) is 15.4. The largest absolute Gasteiger partial charge is 0.497 e. The number of hydrogen-bond donors (Lipinski definition) is 0. The second kappa shape index (κ2) is 6.97. The van der Waals surface area contributed by atoms with Crippen LogP contribution in [0.15, 0.2) is 48.5 Å². The van der Waals surface area contributed by atoms with Crippen molar-refractivity contribution in [3.05, 3.63) is 65.2 Å². The van der Waals surface area contributed by atoms with Crippen LogP contribution >= 0.6 is 0 Å². The predicted molar refractivity (Wildman–Crippen MR) is 91.4 cm³/mol. The molecule has 1 aliphatic rings. The third-order valence-corrected chi connectivity index (χ3v) is 4.62. The summed E-state index contributed by atoms with van der Waals surface area (Å²) in [6, 6.07) is 18.0. The van der Waals surface area contributed by atoms with Gasteiger partial charge in [-0.25, -0.2) is 0 Å². The first-order chi connectivity index (χ1) is 10.8. The number of ether oxygens (including phenoxy) is 1. The van der Waals surface area contributed by atoms with Crippen LogP contribution in [0, 0.1) is 0 Å². The molecule has 0 fully saturated rings. The van der Waals surface area contributed by atoms with Crippen LogP contribution in [-0.2, 0) is 12.8 Å². The standard InChI is InChI=1S/C20H25NO/c1-3-13-21-14-12-17-6-4-5-7-19(17)20(21)15-16-8-10-18(22-2)11-9-16/h4-11,20H,3,12-15H2,1-2H3/t20-/m1/s1. The smallest absolute Gasteiger partial charge is 0.118 e. The first kappa shape index (κ1) is 15.1. The van der Waals surface area contributed by atoms with E-state index >= 15 is 0 Å². The molecule has 116 valence electrons. The third kappa shape index (κ3) is 3.17. The minimum atomic E-state index is 0.498. The van der Waals surface area contributed by atoms with Crippen molar-refractivity contribution in [2.45, 2.75) is 32.2 Å². The van der Waals surface area contributed by atoms with E-state index in [2.05, 4.69) is 60.4 Å². The number of fused-ring (bicyclic) bond motifs is 1. The van der Waals surface area contributed by atoms with Gasteiger partial charge in [0.25, 0.3) is 0 Å². The first-order valence-corrected chi connectivity index (χ1v) is 8.26. The van der Waals surface area contributed by atoms with Crippen LogP contribution in [0.25, 0.3) is 0 Å². The van der Waals surface area contributed by atoms with Crippen LogP contribution in [-0.4, -0.2) is 25.1 Å². The number of rotatable bonds is 5. The lowest BCUT2D eigenvalue weighted by atomic mass is 9.88. The minimum Gasteiger partial charge on any atom is -0.497 e. The molecule has 0 unspecified atom stereocenters. The van der Waals surface area contributed by atoms with Crippen LogP contribution in [0.5, 0.6) is 5.75 Å².